The predicted molar refractivity (Wildman–Crippen MR) is 82.3 cm³/mol. The molecule has 0 saturated carbocycles. The van der Waals surface area contributed by atoms with Gasteiger partial charge < -0.3 is 19.4 Å². The molecule has 118 valence electrons. The van der Waals surface area contributed by atoms with Gasteiger partial charge in [0, 0.05) is 25.1 Å². The van der Waals surface area contributed by atoms with Crippen LogP contribution in [0.15, 0.2) is 34.9 Å². The van der Waals surface area contributed by atoms with Gasteiger partial charge in [-0.25, -0.2) is 0 Å². The lowest BCUT2D eigenvalue weighted by atomic mass is 10.1. The first kappa shape index (κ1) is 13.9. The van der Waals surface area contributed by atoms with Crippen LogP contribution >= 0.6 is 0 Å². The number of hydrogen-bond acceptors (Lipinski definition) is 4. The lowest BCUT2D eigenvalue weighted by molar-refractivity contribution is -0.118. The third-order valence-electron chi connectivity index (χ3n) is 4.19. The minimum atomic E-state index is -0.208. The summed E-state index contributed by atoms with van der Waals surface area (Å²) in [6, 6.07) is 7.14. The van der Waals surface area contributed by atoms with Gasteiger partial charge >= 0.3 is 0 Å². The van der Waals surface area contributed by atoms with Crippen LogP contribution < -0.4 is 10.1 Å². The highest BCUT2D eigenvalue weighted by atomic mass is 16.5. The van der Waals surface area contributed by atoms with Gasteiger partial charge in [0.25, 0.3) is 11.8 Å². The van der Waals surface area contributed by atoms with E-state index in [9.17, 15) is 9.59 Å². The van der Waals surface area contributed by atoms with Crippen molar-refractivity contribution < 1.29 is 18.7 Å². The van der Waals surface area contributed by atoms with Gasteiger partial charge in [0.05, 0.1) is 17.5 Å². The van der Waals surface area contributed by atoms with E-state index in [4.69, 9.17) is 9.15 Å². The third-order valence-corrected chi connectivity index (χ3v) is 4.19. The fourth-order valence-electron chi connectivity index (χ4n) is 3.07. The summed E-state index contributed by atoms with van der Waals surface area (Å²) < 4.78 is 10.9. The molecule has 2 amide bonds. The number of amides is 2. The largest absolute Gasteiger partial charge is 0.481 e. The van der Waals surface area contributed by atoms with Gasteiger partial charge in [0.2, 0.25) is 0 Å². The molecule has 1 aromatic heterocycles. The average Bonchev–Trinajstić information content (AvgIpc) is 2.90. The molecule has 0 aliphatic carbocycles. The van der Waals surface area contributed by atoms with E-state index in [0.717, 1.165) is 24.2 Å². The van der Waals surface area contributed by atoms with Crippen molar-refractivity contribution in [1.29, 1.82) is 0 Å². The number of para-hydroxylation sites is 1. The van der Waals surface area contributed by atoms with Crippen molar-refractivity contribution in [3.63, 3.8) is 0 Å². The van der Waals surface area contributed by atoms with E-state index >= 15 is 0 Å². The molecule has 0 atom stereocenters. The van der Waals surface area contributed by atoms with Crippen LogP contribution in [0.2, 0.25) is 0 Å². The summed E-state index contributed by atoms with van der Waals surface area (Å²) in [5.74, 6) is 1.11. The summed E-state index contributed by atoms with van der Waals surface area (Å²) in [4.78, 5) is 26.2. The zero-order chi connectivity index (χ0) is 15.8. The molecule has 0 spiro atoms. The fraction of sp³-hybridized carbons (Fsp3) is 0.294. The molecule has 6 nitrogen and oxygen atoms in total. The van der Waals surface area contributed by atoms with Gasteiger partial charge in [0.1, 0.15) is 5.76 Å². The second-order valence-corrected chi connectivity index (χ2v) is 5.72. The Hall–Kier alpha value is -2.76. The molecule has 23 heavy (non-hydrogen) atoms. The molecule has 6 heteroatoms. The van der Waals surface area contributed by atoms with Crippen molar-refractivity contribution in [3.05, 3.63) is 47.4 Å². The van der Waals surface area contributed by atoms with Gasteiger partial charge in [-0.3, -0.25) is 9.59 Å². The first-order valence-electron chi connectivity index (χ1n) is 7.62. The summed E-state index contributed by atoms with van der Waals surface area (Å²) in [7, 11) is 0. The molecule has 0 fully saturated rings. The molecule has 4 rings (SSSR count). The number of ether oxygens (including phenoxy) is 1. The molecule has 0 radical (unpaired) electrons. The second kappa shape index (κ2) is 5.46. The monoisotopic (exact) mass is 312 g/mol. The Bertz CT molecular complexity index is 781. The second-order valence-electron chi connectivity index (χ2n) is 5.72. The minimum absolute atomic E-state index is 0.0663. The summed E-state index contributed by atoms with van der Waals surface area (Å²) >= 11 is 0. The van der Waals surface area contributed by atoms with E-state index in [1.807, 2.05) is 6.07 Å². The first-order chi connectivity index (χ1) is 11.2. The Morgan fingerprint density at radius 3 is 3.09 bits per heavy atom. The average molecular weight is 312 g/mol. The van der Waals surface area contributed by atoms with E-state index in [1.54, 1.807) is 29.4 Å². The molecule has 0 bridgehead atoms. The van der Waals surface area contributed by atoms with Gasteiger partial charge in [-0.2, -0.15) is 0 Å². The van der Waals surface area contributed by atoms with Crippen LogP contribution in [0.4, 0.5) is 5.69 Å². The number of nitrogens with zero attached hydrogens (tertiary/aromatic N) is 1. The molecule has 3 heterocycles. The molecule has 1 N–H and O–H groups in total. The predicted octanol–water partition coefficient (Wildman–Crippen LogP) is 2.20. The zero-order valence-electron chi connectivity index (χ0n) is 12.5. The highest BCUT2D eigenvalue weighted by Crippen LogP contribution is 2.33. The maximum atomic E-state index is 12.9. The van der Waals surface area contributed by atoms with Crippen molar-refractivity contribution in [2.45, 2.75) is 19.4 Å². The van der Waals surface area contributed by atoms with Gasteiger partial charge in [-0.05, 0) is 24.6 Å². The Balaban J connectivity index is 1.65. The van der Waals surface area contributed by atoms with Gasteiger partial charge in [0.15, 0.2) is 12.4 Å². The highest BCUT2D eigenvalue weighted by Gasteiger charge is 2.27. The molecule has 0 unspecified atom stereocenters. The normalized spacial score (nSPS) is 16.7. The standard InChI is InChI=1S/C17H16N2O4/c20-15-10-23-16-12(3-1-4-13(16)18-15)17(21)19-7-2-5-14-11(9-19)6-8-22-14/h1,3-4,6,8H,2,5,7,9-10H2,(H,18,20). The molecule has 2 aliphatic heterocycles. The maximum absolute atomic E-state index is 12.9. The van der Waals surface area contributed by atoms with Crippen molar-refractivity contribution in [2.24, 2.45) is 0 Å². The molecule has 2 aromatic rings. The Labute approximate surface area is 133 Å². The van der Waals surface area contributed by atoms with Crippen LogP contribution in [-0.2, 0) is 17.8 Å². The lowest BCUT2D eigenvalue weighted by Crippen LogP contribution is -2.32. The molecular formula is C17H16N2O4. The Kier molecular flexibility index (Phi) is 3.29. The number of fused-ring (bicyclic) bond motifs is 2. The van der Waals surface area contributed by atoms with Crippen molar-refractivity contribution in [1.82, 2.24) is 4.90 Å². The number of carbonyl (C=O) groups excluding carboxylic acids is 2. The number of furan rings is 1. The van der Waals surface area contributed by atoms with Gasteiger partial charge in [-0.1, -0.05) is 6.07 Å². The van der Waals surface area contributed by atoms with Crippen LogP contribution in [0.25, 0.3) is 0 Å². The Morgan fingerprint density at radius 2 is 2.17 bits per heavy atom. The quantitative estimate of drug-likeness (QED) is 0.876. The third kappa shape index (κ3) is 2.46. The van der Waals surface area contributed by atoms with Crippen LogP contribution in [-0.4, -0.2) is 29.9 Å². The number of carbonyl (C=O) groups is 2. The van der Waals surface area contributed by atoms with Crippen LogP contribution in [0.3, 0.4) is 0 Å². The number of rotatable bonds is 1. The minimum Gasteiger partial charge on any atom is -0.481 e. The summed E-state index contributed by atoms with van der Waals surface area (Å²) in [6.45, 7) is 1.13. The topological polar surface area (TPSA) is 71.8 Å². The Morgan fingerprint density at radius 1 is 1.26 bits per heavy atom. The van der Waals surface area contributed by atoms with Crippen LogP contribution in [0.1, 0.15) is 28.1 Å². The van der Waals surface area contributed by atoms with E-state index < -0.39 is 0 Å². The highest BCUT2D eigenvalue weighted by molar-refractivity contribution is 6.03. The summed E-state index contributed by atoms with van der Waals surface area (Å²) in [6.07, 6.45) is 3.37. The van der Waals surface area contributed by atoms with Crippen molar-refractivity contribution >= 4 is 17.5 Å². The van der Waals surface area contributed by atoms with E-state index in [0.29, 0.717) is 30.1 Å². The van der Waals surface area contributed by atoms with Crippen LogP contribution in [0, 0.1) is 0 Å². The van der Waals surface area contributed by atoms with Crippen LogP contribution in [0.5, 0.6) is 5.75 Å². The smallest absolute Gasteiger partial charge is 0.262 e. The van der Waals surface area contributed by atoms with E-state index in [-0.39, 0.29) is 18.4 Å². The van der Waals surface area contributed by atoms with Crippen molar-refractivity contribution in [3.8, 4) is 5.75 Å². The SMILES string of the molecule is O=C1COc2c(cccc2C(=O)N2CCCc3occc3C2)N1. The number of aryl methyl sites for hydroxylation is 1. The summed E-state index contributed by atoms with van der Waals surface area (Å²) in [5, 5.41) is 2.73. The fourth-order valence-corrected chi connectivity index (χ4v) is 3.07. The molecular weight excluding hydrogens is 296 g/mol. The van der Waals surface area contributed by atoms with E-state index in [1.165, 1.54) is 0 Å². The molecule has 2 aliphatic rings. The number of hydrogen-bond donors (Lipinski definition) is 1. The number of anilines is 1. The maximum Gasteiger partial charge on any atom is 0.262 e. The van der Waals surface area contributed by atoms with Gasteiger partial charge in [-0.15, -0.1) is 0 Å². The lowest BCUT2D eigenvalue weighted by Gasteiger charge is -2.24. The summed E-state index contributed by atoms with van der Waals surface area (Å²) in [5.41, 5.74) is 2.08. The zero-order valence-corrected chi connectivity index (χ0v) is 12.5. The van der Waals surface area contributed by atoms with Crippen molar-refractivity contribution in [2.75, 3.05) is 18.5 Å². The first-order valence-corrected chi connectivity index (χ1v) is 7.62. The molecule has 0 saturated heterocycles. The number of benzene rings is 1. The van der Waals surface area contributed by atoms with E-state index in [2.05, 4.69) is 5.32 Å². The number of nitrogens with one attached hydrogen (secondary N) is 1. The molecule has 1 aromatic carbocycles.